The summed E-state index contributed by atoms with van der Waals surface area (Å²) in [5.74, 6) is 0.945. The monoisotopic (exact) mass is 283 g/mol. The van der Waals surface area contributed by atoms with Gasteiger partial charge in [-0.1, -0.05) is 56.3 Å². The van der Waals surface area contributed by atoms with Crippen LogP contribution in [0, 0.1) is 0 Å². The van der Waals surface area contributed by atoms with Crippen LogP contribution in [-0.4, -0.2) is 12.6 Å². The van der Waals surface area contributed by atoms with Crippen LogP contribution in [0.3, 0.4) is 0 Å². The molecule has 0 saturated heterocycles. The first-order chi connectivity index (χ1) is 10.2. The summed E-state index contributed by atoms with van der Waals surface area (Å²) < 4.78 is 6.16. The number of hydrogen-bond acceptors (Lipinski definition) is 2. The molecule has 2 rings (SSSR count). The molecule has 0 heterocycles. The van der Waals surface area contributed by atoms with E-state index >= 15 is 0 Å². The van der Waals surface area contributed by atoms with Gasteiger partial charge in [0.15, 0.2) is 0 Å². The van der Waals surface area contributed by atoms with Gasteiger partial charge in [0.2, 0.25) is 0 Å². The van der Waals surface area contributed by atoms with E-state index in [0.717, 1.165) is 18.7 Å². The van der Waals surface area contributed by atoms with Crippen molar-refractivity contribution in [3.05, 3.63) is 65.7 Å². The van der Waals surface area contributed by atoms with E-state index in [1.165, 1.54) is 11.1 Å². The predicted octanol–water partition coefficient (Wildman–Crippen LogP) is 4.37. The lowest BCUT2D eigenvalue weighted by atomic mass is 10.0. The molecule has 0 amide bonds. The lowest BCUT2D eigenvalue weighted by molar-refractivity contribution is 0.171. The Balaban J connectivity index is 2.13. The number of benzene rings is 2. The largest absolute Gasteiger partial charge is 0.489 e. The molecule has 0 saturated carbocycles. The summed E-state index contributed by atoms with van der Waals surface area (Å²) in [6, 6.07) is 19.0. The van der Waals surface area contributed by atoms with Crippen LogP contribution < -0.4 is 10.1 Å². The predicted molar refractivity (Wildman–Crippen MR) is 88.8 cm³/mol. The van der Waals surface area contributed by atoms with Gasteiger partial charge in [-0.3, -0.25) is 0 Å². The highest BCUT2D eigenvalue weighted by atomic mass is 16.5. The fraction of sp³-hybridized carbons (Fsp3) is 0.368. The molecule has 0 radical (unpaired) electrons. The van der Waals surface area contributed by atoms with Crippen LogP contribution in [0.2, 0.25) is 0 Å². The molecule has 0 aromatic heterocycles. The number of hydrogen-bond donors (Lipinski definition) is 1. The second kappa shape index (κ2) is 7.84. The maximum atomic E-state index is 6.16. The van der Waals surface area contributed by atoms with Gasteiger partial charge in [0.05, 0.1) is 6.04 Å². The molecular formula is C19H25NO. The van der Waals surface area contributed by atoms with Crippen LogP contribution in [-0.2, 0) is 6.42 Å². The van der Waals surface area contributed by atoms with Crippen LogP contribution in [0.25, 0.3) is 0 Å². The van der Waals surface area contributed by atoms with Gasteiger partial charge in [-0.15, -0.1) is 0 Å². The summed E-state index contributed by atoms with van der Waals surface area (Å²) in [6.45, 7) is 7.33. The molecule has 0 aliphatic heterocycles. The van der Waals surface area contributed by atoms with Crippen molar-refractivity contribution in [2.45, 2.75) is 39.3 Å². The van der Waals surface area contributed by atoms with E-state index < -0.39 is 0 Å². The Morgan fingerprint density at radius 2 is 1.76 bits per heavy atom. The number of ether oxygens (including phenoxy) is 1. The Morgan fingerprint density at radius 1 is 1.00 bits per heavy atom. The molecule has 2 aromatic carbocycles. The Hall–Kier alpha value is -1.80. The summed E-state index contributed by atoms with van der Waals surface area (Å²) in [4.78, 5) is 0. The van der Waals surface area contributed by atoms with E-state index in [0.29, 0.717) is 0 Å². The van der Waals surface area contributed by atoms with Crippen molar-refractivity contribution in [2.75, 3.05) is 6.54 Å². The third-order valence-electron chi connectivity index (χ3n) is 3.68. The third kappa shape index (κ3) is 4.33. The van der Waals surface area contributed by atoms with Crippen LogP contribution in [0.1, 0.15) is 37.9 Å². The summed E-state index contributed by atoms with van der Waals surface area (Å²) in [5, 5.41) is 3.52. The van der Waals surface area contributed by atoms with Crippen molar-refractivity contribution in [3.8, 4) is 5.75 Å². The zero-order valence-corrected chi connectivity index (χ0v) is 13.2. The highest BCUT2D eigenvalue weighted by Gasteiger charge is 2.19. The second-order valence-electron chi connectivity index (χ2n) is 5.27. The molecule has 21 heavy (non-hydrogen) atoms. The Bertz CT molecular complexity index is 538. The van der Waals surface area contributed by atoms with Crippen LogP contribution >= 0.6 is 0 Å². The molecule has 112 valence electrons. The average molecular weight is 283 g/mol. The topological polar surface area (TPSA) is 21.3 Å². The van der Waals surface area contributed by atoms with E-state index in [4.69, 9.17) is 4.74 Å². The lowest BCUT2D eigenvalue weighted by Crippen LogP contribution is -2.33. The smallest absolute Gasteiger partial charge is 0.120 e. The van der Waals surface area contributed by atoms with E-state index in [1.54, 1.807) is 0 Å². The quantitative estimate of drug-likeness (QED) is 0.815. The highest BCUT2D eigenvalue weighted by Crippen LogP contribution is 2.22. The Morgan fingerprint density at radius 3 is 2.43 bits per heavy atom. The van der Waals surface area contributed by atoms with Crippen molar-refractivity contribution >= 4 is 0 Å². The van der Waals surface area contributed by atoms with Crippen molar-refractivity contribution in [1.82, 2.24) is 5.32 Å². The maximum absolute atomic E-state index is 6.16. The van der Waals surface area contributed by atoms with Gasteiger partial charge in [-0.2, -0.15) is 0 Å². The average Bonchev–Trinajstić information content (AvgIpc) is 2.53. The first-order valence-corrected chi connectivity index (χ1v) is 7.78. The number of aryl methyl sites for hydroxylation is 1. The second-order valence-corrected chi connectivity index (χ2v) is 5.27. The van der Waals surface area contributed by atoms with Gasteiger partial charge >= 0.3 is 0 Å². The molecule has 2 heteroatoms. The van der Waals surface area contributed by atoms with Crippen LogP contribution in [0.15, 0.2) is 54.6 Å². The summed E-state index contributed by atoms with van der Waals surface area (Å²) in [5.41, 5.74) is 2.57. The van der Waals surface area contributed by atoms with Crippen LogP contribution in [0.4, 0.5) is 0 Å². The van der Waals surface area contributed by atoms with Crippen molar-refractivity contribution < 1.29 is 4.74 Å². The molecule has 2 nitrogen and oxygen atoms in total. The fourth-order valence-electron chi connectivity index (χ4n) is 2.56. The minimum Gasteiger partial charge on any atom is -0.489 e. The molecule has 2 aromatic rings. The molecule has 1 N–H and O–H groups in total. The summed E-state index contributed by atoms with van der Waals surface area (Å²) in [6.07, 6.45) is 1.10. The maximum Gasteiger partial charge on any atom is 0.120 e. The molecular weight excluding hydrogens is 258 g/mol. The fourth-order valence-corrected chi connectivity index (χ4v) is 2.56. The van der Waals surface area contributed by atoms with Crippen molar-refractivity contribution in [1.29, 1.82) is 0 Å². The van der Waals surface area contributed by atoms with Crippen LogP contribution in [0.5, 0.6) is 5.75 Å². The number of likely N-dealkylation sites (N-methyl/N-ethyl adjacent to an activating group) is 1. The standard InChI is InChI=1S/C19H25NO/c1-4-16-10-9-13-18(14-16)21-15(3)19(20-5-2)17-11-7-6-8-12-17/h6-15,19-20H,4-5H2,1-3H3. The summed E-state index contributed by atoms with van der Waals surface area (Å²) in [7, 11) is 0. The molecule has 0 fully saturated rings. The SMILES string of the molecule is CCNC(c1ccccc1)C(C)Oc1cccc(CC)c1. The third-order valence-corrected chi connectivity index (χ3v) is 3.68. The number of nitrogens with one attached hydrogen (secondary N) is 1. The van der Waals surface area contributed by atoms with Gasteiger partial charge in [0.1, 0.15) is 11.9 Å². The molecule has 0 bridgehead atoms. The van der Waals surface area contributed by atoms with E-state index in [1.807, 2.05) is 12.1 Å². The Kier molecular flexibility index (Phi) is 5.82. The minimum absolute atomic E-state index is 0.0689. The molecule has 0 aliphatic rings. The van der Waals surface area contributed by atoms with E-state index in [-0.39, 0.29) is 12.1 Å². The van der Waals surface area contributed by atoms with Gasteiger partial charge in [0, 0.05) is 0 Å². The van der Waals surface area contributed by atoms with Crippen molar-refractivity contribution in [2.24, 2.45) is 0 Å². The van der Waals surface area contributed by atoms with E-state index in [9.17, 15) is 0 Å². The van der Waals surface area contributed by atoms with Gasteiger partial charge in [-0.05, 0) is 43.1 Å². The zero-order chi connectivity index (χ0) is 15.1. The lowest BCUT2D eigenvalue weighted by Gasteiger charge is -2.26. The van der Waals surface area contributed by atoms with Gasteiger partial charge in [-0.25, -0.2) is 0 Å². The van der Waals surface area contributed by atoms with E-state index in [2.05, 4.69) is 68.6 Å². The minimum atomic E-state index is 0.0689. The number of rotatable bonds is 7. The molecule has 0 aliphatic carbocycles. The van der Waals surface area contributed by atoms with Gasteiger partial charge in [0.25, 0.3) is 0 Å². The van der Waals surface area contributed by atoms with Gasteiger partial charge < -0.3 is 10.1 Å². The van der Waals surface area contributed by atoms with Crippen molar-refractivity contribution in [3.63, 3.8) is 0 Å². The first-order valence-electron chi connectivity index (χ1n) is 7.78. The highest BCUT2D eigenvalue weighted by molar-refractivity contribution is 5.29. The normalized spacial score (nSPS) is 13.7. The molecule has 0 spiro atoms. The zero-order valence-electron chi connectivity index (χ0n) is 13.2. The molecule has 2 atom stereocenters. The summed E-state index contributed by atoms with van der Waals surface area (Å²) >= 11 is 0. The Labute approximate surface area is 128 Å². The molecule has 2 unspecified atom stereocenters. The first kappa shape index (κ1) is 15.6.